The molecule has 336 valence electrons. The molecular formula is C51H84O8. The van der Waals surface area contributed by atoms with Crippen LogP contribution in [0.3, 0.4) is 0 Å². The molecule has 0 aliphatic heterocycles. The van der Waals surface area contributed by atoms with E-state index in [1.807, 2.05) is 13.8 Å². The van der Waals surface area contributed by atoms with E-state index in [1.54, 1.807) is 0 Å². The predicted molar refractivity (Wildman–Crippen MR) is 233 cm³/mol. The number of rotatable bonds is 17. The van der Waals surface area contributed by atoms with Crippen LogP contribution in [0.4, 0.5) is 0 Å². The molecule has 0 amide bonds. The summed E-state index contributed by atoms with van der Waals surface area (Å²) in [6, 6.07) is 0. The SMILES string of the molecule is CCCCCCC(C)(O)[C@H]1CCC2C3C[C@H](OC(=O)C[C@H](O)C[C@H](O)CC[C@@H]4[C@@H]5C(=C[C@H](C)C[C@@H]5OC(=O)[C@@H](C)CC)C=C[C@@H]4C)[C@H]4C[C@@H](O)CC[C@]4(C)C3CC[C@@]21C. The number of carbonyl (C=O) groups is 2. The summed E-state index contributed by atoms with van der Waals surface area (Å²) in [7, 11) is 0. The average Bonchev–Trinajstić information content (AvgIpc) is 3.54. The van der Waals surface area contributed by atoms with E-state index < -0.39 is 29.9 Å². The number of fused-ring (bicyclic) bond motifs is 6. The molecule has 4 fully saturated rings. The maximum atomic E-state index is 13.8. The maximum absolute atomic E-state index is 13.8. The van der Waals surface area contributed by atoms with E-state index in [0.717, 1.165) is 77.0 Å². The standard InChI is InChI=1S/C51H84O8/c1-9-11-12-13-22-51(8,57)45-19-18-40-39-30-43(42-28-36(53)20-23-49(42,6)41(39)21-24-50(40,45)7)58-46(55)29-37(54)27-35(52)16-17-38-33(5)14-15-34-25-31(3)26-44(47(34)38)59-48(56)32(4)10-2/h14-15,25,31-33,35-45,47,52-54,57H,9-13,16-24,26-30H2,1-8H3/t31-,32-,33-,35+,36-,37+,38-,39?,40?,41?,42+,43-,44-,45-,47-,49+,50-,51?/m0/s1. The van der Waals surface area contributed by atoms with Crippen molar-refractivity contribution < 1.29 is 39.5 Å². The van der Waals surface area contributed by atoms with Crippen molar-refractivity contribution in [3.8, 4) is 0 Å². The lowest BCUT2D eigenvalue weighted by Gasteiger charge is -2.63. The van der Waals surface area contributed by atoms with Gasteiger partial charge in [0.05, 0.1) is 36.3 Å². The van der Waals surface area contributed by atoms with Crippen LogP contribution < -0.4 is 0 Å². The van der Waals surface area contributed by atoms with Gasteiger partial charge in [0.15, 0.2) is 0 Å². The second kappa shape index (κ2) is 19.3. The number of ether oxygens (including phenoxy) is 2. The lowest BCUT2D eigenvalue weighted by molar-refractivity contribution is -0.198. The summed E-state index contributed by atoms with van der Waals surface area (Å²) in [5, 5.41) is 45.4. The molecule has 4 saturated carbocycles. The molecule has 6 rings (SSSR count). The first-order valence-corrected chi connectivity index (χ1v) is 24.5. The molecular weight excluding hydrogens is 741 g/mol. The Kier molecular flexibility index (Phi) is 15.3. The molecule has 0 heterocycles. The number of aliphatic hydroxyl groups is 4. The van der Waals surface area contributed by atoms with Crippen molar-refractivity contribution in [3.63, 3.8) is 0 Å². The van der Waals surface area contributed by atoms with Crippen LogP contribution in [0.2, 0.25) is 0 Å². The third kappa shape index (κ3) is 10.1. The Morgan fingerprint density at radius 1 is 0.898 bits per heavy atom. The largest absolute Gasteiger partial charge is 0.462 e. The Labute approximate surface area is 357 Å². The molecule has 6 aliphatic rings. The van der Waals surface area contributed by atoms with E-state index in [4.69, 9.17) is 9.47 Å². The zero-order valence-corrected chi connectivity index (χ0v) is 38.2. The van der Waals surface area contributed by atoms with Crippen molar-refractivity contribution in [3.05, 3.63) is 23.8 Å². The van der Waals surface area contributed by atoms with Gasteiger partial charge in [0.25, 0.3) is 0 Å². The molecule has 0 aromatic heterocycles. The van der Waals surface area contributed by atoms with Gasteiger partial charge in [0.2, 0.25) is 0 Å². The molecule has 18 atom stereocenters. The molecule has 4 N–H and O–H groups in total. The highest BCUT2D eigenvalue weighted by molar-refractivity contribution is 5.72. The van der Waals surface area contributed by atoms with Crippen molar-refractivity contribution in [1.29, 1.82) is 0 Å². The Morgan fingerprint density at radius 2 is 1.63 bits per heavy atom. The highest BCUT2D eigenvalue weighted by atomic mass is 16.5. The van der Waals surface area contributed by atoms with Crippen molar-refractivity contribution in [2.75, 3.05) is 0 Å². The van der Waals surface area contributed by atoms with Gasteiger partial charge < -0.3 is 29.9 Å². The molecule has 0 aromatic carbocycles. The molecule has 4 unspecified atom stereocenters. The van der Waals surface area contributed by atoms with Crippen LogP contribution in [-0.4, -0.2) is 68.5 Å². The van der Waals surface area contributed by atoms with Gasteiger partial charge in [-0.25, -0.2) is 0 Å². The lowest BCUT2D eigenvalue weighted by atomic mass is 9.43. The van der Waals surface area contributed by atoms with Crippen LogP contribution in [0.15, 0.2) is 23.8 Å². The second-order valence-corrected chi connectivity index (χ2v) is 21.9. The molecule has 8 heteroatoms. The van der Waals surface area contributed by atoms with E-state index in [-0.39, 0.29) is 77.4 Å². The van der Waals surface area contributed by atoms with Crippen molar-refractivity contribution >= 4 is 11.9 Å². The summed E-state index contributed by atoms with van der Waals surface area (Å²) >= 11 is 0. The van der Waals surface area contributed by atoms with Gasteiger partial charge in [-0.1, -0.05) is 92.4 Å². The quantitative estimate of drug-likeness (QED) is 0.0842. The van der Waals surface area contributed by atoms with Crippen LogP contribution in [0.25, 0.3) is 0 Å². The summed E-state index contributed by atoms with van der Waals surface area (Å²) in [4.78, 5) is 26.7. The van der Waals surface area contributed by atoms with Gasteiger partial charge in [0.1, 0.15) is 12.2 Å². The van der Waals surface area contributed by atoms with Gasteiger partial charge in [-0.15, -0.1) is 0 Å². The molecule has 6 aliphatic carbocycles. The molecule has 0 radical (unpaired) electrons. The summed E-state index contributed by atoms with van der Waals surface area (Å²) < 4.78 is 12.6. The minimum absolute atomic E-state index is 0.0353. The first kappa shape index (κ1) is 46.8. The topological polar surface area (TPSA) is 134 Å². The van der Waals surface area contributed by atoms with Crippen LogP contribution in [-0.2, 0) is 19.1 Å². The number of carbonyl (C=O) groups excluding carboxylic acids is 2. The fourth-order valence-electron chi connectivity index (χ4n) is 14.4. The maximum Gasteiger partial charge on any atom is 0.308 e. The molecule has 0 spiro atoms. The third-order valence-corrected chi connectivity index (χ3v) is 17.9. The zero-order valence-electron chi connectivity index (χ0n) is 38.2. The van der Waals surface area contributed by atoms with Crippen molar-refractivity contribution in [2.24, 2.45) is 70.0 Å². The van der Waals surface area contributed by atoms with E-state index >= 15 is 0 Å². The minimum Gasteiger partial charge on any atom is -0.462 e. The average molecular weight is 825 g/mol. The lowest BCUT2D eigenvalue weighted by Crippen LogP contribution is -2.59. The predicted octanol–water partition coefficient (Wildman–Crippen LogP) is 9.89. The number of hydrogen-bond donors (Lipinski definition) is 4. The Balaban J connectivity index is 1.07. The number of esters is 2. The fourth-order valence-corrected chi connectivity index (χ4v) is 14.4. The Hall–Kier alpha value is -1.74. The van der Waals surface area contributed by atoms with Gasteiger partial charge in [-0.05, 0) is 155 Å². The van der Waals surface area contributed by atoms with E-state index in [0.29, 0.717) is 36.5 Å². The van der Waals surface area contributed by atoms with Crippen LogP contribution in [0.1, 0.15) is 177 Å². The zero-order chi connectivity index (χ0) is 42.9. The first-order valence-electron chi connectivity index (χ1n) is 24.5. The molecule has 59 heavy (non-hydrogen) atoms. The molecule has 0 saturated heterocycles. The van der Waals surface area contributed by atoms with E-state index in [2.05, 4.69) is 59.8 Å². The molecule has 8 nitrogen and oxygen atoms in total. The number of allylic oxidation sites excluding steroid dienone is 3. The summed E-state index contributed by atoms with van der Waals surface area (Å²) in [5.74, 6) is 1.84. The number of aliphatic hydroxyl groups excluding tert-OH is 3. The van der Waals surface area contributed by atoms with E-state index in [9.17, 15) is 30.0 Å². The Bertz CT molecular complexity index is 1490. The monoisotopic (exact) mass is 825 g/mol. The van der Waals surface area contributed by atoms with Crippen LogP contribution in [0.5, 0.6) is 0 Å². The van der Waals surface area contributed by atoms with Gasteiger partial charge in [0, 0.05) is 11.8 Å². The number of hydrogen-bond acceptors (Lipinski definition) is 8. The highest BCUT2D eigenvalue weighted by Gasteiger charge is 2.64. The van der Waals surface area contributed by atoms with Gasteiger partial charge in [-0.2, -0.15) is 0 Å². The van der Waals surface area contributed by atoms with Crippen LogP contribution >= 0.6 is 0 Å². The third-order valence-electron chi connectivity index (χ3n) is 17.9. The van der Waals surface area contributed by atoms with Crippen molar-refractivity contribution in [2.45, 2.75) is 214 Å². The summed E-state index contributed by atoms with van der Waals surface area (Å²) in [6.45, 7) is 17.5. The molecule has 0 aromatic rings. The van der Waals surface area contributed by atoms with Crippen LogP contribution in [0, 0.1) is 70.0 Å². The smallest absolute Gasteiger partial charge is 0.308 e. The normalized spacial score (nSPS) is 41.5. The van der Waals surface area contributed by atoms with Crippen molar-refractivity contribution in [1.82, 2.24) is 0 Å². The second-order valence-electron chi connectivity index (χ2n) is 21.9. The minimum atomic E-state index is -1.02. The Morgan fingerprint density at radius 3 is 2.36 bits per heavy atom. The van der Waals surface area contributed by atoms with E-state index in [1.165, 1.54) is 24.8 Å². The number of unbranched alkanes of at least 4 members (excludes halogenated alkanes) is 3. The van der Waals surface area contributed by atoms with Gasteiger partial charge in [-0.3, -0.25) is 9.59 Å². The molecule has 0 bridgehead atoms. The summed E-state index contributed by atoms with van der Waals surface area (Å²) in [6.07, 6.45) is 19.7. The highest BCUT2D eigenvalue weighted by Crippen LogP contribution is 2.69. The fraction of sp³-hybridized carbons (Fsp3) is 0.882. The summed E-state index contributed by atoms with van der Waals surface area (Å²) in [5.41, 5.74) is 0.548. The first-order chi connectivity index (χ1) is 27.9. The van der Waals surface area contributed by atoms with Gasteiger partial charge >= 0.3 is 11.9 Å².